The van der Waals surface area contributed by atoms with Crippen LogP contribution in [0.3, 0.4) is 0 Å². The van der Waals surface area contributed by atoms with Gasteiger partial charge in [0.05, 0.1) is 10.6 Å². The fourth-order valence-electron chi connectivity index (χ4n) is 2.27. The molecule has 2 N–H and O–H groups in total. The smallest absolute Gasteiger partial charge is 0.261 e. The summed E-state index contributed by atoms with van der Waals surface area (Å²) in [4.78, 5) is 4.33. The predicted molar refractivity (Wildman–Crippen MR) is 78.4 cm³/mol. The van der Waals surface area contributed by atoms with Crippen LogP contribution in [0.5, 0.6) is 0 Å². The van der Waals surface area contributed by atoms with Crippen molar-refractivity contribution in [3.63, 3.8) is 0 Å². The Morgan fingerprint density at radius 3 is 2.90 bits per heavy atom. The second kappa shape index (κ2) is 4.79. The lowest BCUT2D eigenvalue weighted by molar-refractivity contribution is 0.601. The highest BCUT2D eigenvalue weighted by Gasteiger charge is 2.18. The lowest BCUT2D eigenvalue weighted by Crippen LogP contribution is -2.13. The first-order valence-electron chi connectivity index (χ1n) is 6.37. The zero-order chi connectivity index (χ0) is 14.2. The highest BCUT2D eigenvalue weighted by Crippen LogP contribution is 2.26. The standard InChI is InChI=1S/C14H15N3O2S/c1-10-8-12(5-7-15-10)17-20(18,19)13-2-3-14-11(9-13)4-6-16-14/h2-3,5,7-9,16H,4,6H2,1H3,(H,15,17). The molecule has 0 spiro atoms. The van der Waals surface area contributed by atoms with Gasteiger partial charge < -0.3 is 5.32 Å². The van der Waals surface area contributed by atoms with Crippen LogP contribution in [-0.2, 0) is 16.4 Å². The number of nitrogens with zero attached hydrogens (tertiary/aromatic N) is 1. The van der Waals surface area contributed by atoms with E-state index in [1.165, 1.54) is 0 Å². The average Bonchev–Trinajstić information content (AvgIpc) is 2.85. The fourth-order valence-corrected chi connectivity index (χ4v) is 3.37. The minimum Gasteiger partial charge on any atom is -0.384 e. The molecule has 2 heterocycles. The Morgan fingerprint density at radius 2 is 2.10 bits per heavy atom. The van der Waals surface area contributed by atoms with E-state index in [1.54, 1.807) is 30.5 Å². The maximum absolute atomic E-state index is 12.4. The Balaban J connectivity index is 1.92. The fraction of sp³-hybridized carbons (Fsp3) is 0.214. The van der Waals surface area contributed by atoms with Gasteiger partial charge >= 0.3 is 0 Å². The van der Waals surface area contributed by atoms with Crippen LogP contribution in [0.2, 0.25) is 0 Å². The van der Waals surface area contributed by atoms with Crippen LogP contribution in [0.1, 0.15) is 11.3 Å². The molecule has 0 fully saturated rings. The molecule has 5 nitrogen and oxygen atoms in total. The van der Waals surface area contributed by atoms with Crippen molar-refractivity contribution in [1.82, 2.24) is 4.98 Å². The summed E-state index contributed by atoms with van der Waals surface area (Å²) >= 11 is 0. The van der Waals surface area contributed by atoms with Gasteiger partial charge in [-0.1, -0.05) is 0 Å². The number of nitrogens with one attached hydrogen (secondary N) is 2. The van der Waals surface area contributed by atoms with Gasteiger partial charge in [-0.3, -0.25) is 9.71 Å². The molecule has 0 amide bonds. The quantitative estimate of drug-likeness (QED) is 0.908. The van der Waals surface area contributed by atoms with E-state index in [0.717, 1.165) is 29.9 Å². The van der Waals surface area contributed by atoms with Gasteiger partial charge in [-0.05, 0) is 49.2 Å². The highest BCUT2D eigenvalue weighted by molar-refractivity contribution is 7.92. The molecule has 104 valence electrons. The molecule has 0 aliphatic carbocycles. The van der Waals surface area contributed by atoms with Gasteiger partial charge in [-0.2, -0.15) is 0 Å². The molecular weight excluding hydrogens is 274 g/mol. The van der Waals surface area contributed by atoms with Gasteiger partial charge in [0.2, 0.25) is 0 Å². The summed E-state index contributed by atoms with van der Waals surface area (Å²) in [6, 6.07) is 8.50. The number of anilines is 2. The highest BCUT2D eigenvalue weighted by atomic mass is 32.2. The Bertz CT molecular complexity index is 757. The number of sulfonamides is 1. The van der Waals surface area contributed by atoms with Crippen molar-refractivity contribution in [3.8, 4) is 0 Å². The van der Waals surface area contributed by atoms with E-state index in [4.69, 9.17) is 0 Å². The van der Waals surface area contributed by atoms with Crippen molar-refractivity contribution in [3.05, 3.63) is 47.8 Å². The van der Waals surface area contributed by atoms with Crippen molar-refractivity contribution >= 4 is 21.4 Å². The van der Waals surface area contributed by atoms with Gasteiger partial charge in [-0.25, -0.2) is 8.42 Å². The van der Waals surface area contributed by atoms with Crippen LogP contribution in [0.4, 0.5) is 11.4 Å². The molecule has 1 aromatic heterocycles. The first kappa shape index (κ1) is 12.9. The molecule has 0 radical (unpaired) electrons. The largest absolute Gasteiger partial charge is 0.384 e. The molecular formula is C14H15N3O2S. The van der Waals surface area contributed by atoms with Crippen molar-refractivity contribution in [2.75, 3.05) is 16.6 Å². The molecule has 0 bridgehead atoms. The minimum atomic E-state index is -3.56. The minimum absolute atomic E-state index is 0.286. The molecule has 1 aromatic carbocycles. The number of aryl methyl sites for hydroxylation is 1. The topological polar surface area (TPSA) is 71.1 Å². The SMILES string of the molecule is Cc1cc(NS(=O)(=O)c2ccc3c(c2)CCN3)ccn1. The van der Waals surface area contributed by atoms with E-state index >= 15 is 0 Å². The van der Waals surface area contributed by atoms with Crippen LogP contribution in [0.15, 0.2) is 41.4 Å². The average molecular weight is 289 g/mol. The second-order valence-electron chi connectivity index (χ2n) is 4.79. The molecule has 2 aromatic rings. The van der Waals surface area contributed by atoms with E-state index in [2.05, 4.69) is 15.0 Å². The number of aromatic nitrogens is 1. The number of pyridine rings is 1. The third-order valence-electron chi connectivity index (χ3n) is 3.25. The molecule has 0 atom stereocenters. The predicted octanol–water partition coefficient (Wildman–Crippen LogP) is 2.16. The molecule has 1 aliphatic heterocycles. The monoisotopic (exact) mass is 289 g/mol. The third-order valence-corrected chi connectivity index (χ3v) is 4.62. The van der Waals surface area contributed by atoms with Crippen molar-refractivity contribution in [1.29, 1.82) is 0 Å². The van der Waals surface area contributed by atoms with Crippen LogP contribution in [-0.4, -0.2) is 19.9 Å². The van der Waals surface area contributed by atoms with Crippen molar-refractivity contribution < 1.29 is 8.42 Å². The molecule has 20 heavy (non-hydrogen) atoms. The molecule has 6 heteroatoms. The summed E-state index contributed by atoms with van der Waals surface area (Å²) in [6.45, 7) is 2.68. The molecule has 0 saturated carbocycles. The van der Waals surface area contributed by atoms with Gasteiger partial charge in [0.15, 0.2) is 0 Å². The summed E-state index contributed by atoms with van der Waals surface area (Å²) in [5.41, 5.74) is 3.35. The summed E-state index contributed by atoms with van der Waals surface area (Å²) in [5.74, 6) is 0. The van der Waals surface area contributed by atoms with Crippen LogP contribution < -0.4 is 10.0 Å². The van der Waals surface area contributed by atoms with E-state index in [1.807, 2.05) is 13.0 Å². The maximum atomic E-state index is 12.4. The Morgan fingerprint density at radius 1 is 1.25 bits per heavy atom. The summed E-state index contributed by atoms with van der Waals surface area (Å²) in [6.07, 6.45) is 2.44. The Hall–Kier alpha value is -2.08. The maximum Gasteiger partial charge on any atom is 0.261 e. The second-order valence-corrected chi connectivity index (χ2v) is 6.47. The number of benzene rings is 1. The normalized spacial score (nSPS) is 13.7. The summed E-state index contributed by atoms with van der Waals surface area (Å²) in [5, 5.41) is 3.21. The zero-order valence-electron chi connectivity index (χ0n) is 11.1. The van der Waals surface area contributed by atoms with E-state index in [9.17, 15) is 8.42 Å². The number of fused-ring (bicyclic) bond motifs is 1. The van der Waals surface area contributed by atoms with Crippen LogP contribution in [0, 0.1) is 6.92 Å². The Labute approximate surface area is 118 Å². The van der Waals surface area contributed by atoms with Gasteiger partial charge in [-0.15, -0.1) is 0 Å². The summed E-state index contributed by atoms with van der Waals surface area (Å²) < 4.78 is 27.3. The van der Waals surface area contributed by atoms with Crippen LogP contribution >= 0.6 is 0 Å². The lowest BCUT2D eigenvalue weighted by atomic mass is 10.2. The first-order valence-corrected chi connectivity index (χ1v) is 7.85. The van der Waals surface area contributed by atoms with Crippen molar-refractivity contribution in [2.24, 2.45) is 0 Å². The van der Waals surface area contributed by atoms with E-state index in [-0.39, 0.29) is 4.90 Å². The first-order chi connectivity index (χ1) is 9.54. The number of hydrogen-bond acceptors (Lipinski definition) is 4. The number of rotatable bonds is 3. The number of hydrogen-bond donors (Lipinski definition) is 2. The van der Waals surface area contributed by atoms with Gasteiger partial charge in [0.25, 0.3) is 10.0 Å². The Kier molecular flexibility index (Phi) is 3.10. The molecule has 0 saturated heterocycles. The molecule has 3 rings (SSSR count). The zero-order valence-corrected chi connectivity index (χ0v) is 11.9. The third kappa shape index (κ3) is 2.46. The van der Waals surface area contributed by atoms with Crippen molar-refractivity contribution in [2.45, 2.75) is 18.2 Å². The van der Waals surface area contributed by atoms with E-state index in [0.29, 0.717) is 5.69 Å². The molecule has 0 unspecified atom stereocenters. The van der Waals surface area contributed by atoms with Gasteiger partial charge in [0, 0.05) is 24.1 Å². The van der Waals surface area contributed by atoms with E-state index < -0.39 is 10.0 Å². The molecule has 1 aliphatic rings. The summed E-state index contributed by atoms with van der Waals surface area (Å²) in [7, 11) is -3.56. The van der Waals surface area contributed by atoms with Crippen LogP contribution in [0.25, 0.3) is 0 Å². The lowest BCUT2D eigenvalue weighted by Gasteiger charge is -2.09. The van der Waals surface area contributed by atoms with Gasteiger partial charge in [0.1, 0.15) is 0 Å².